The molecule has 3 N–H and O–H groups in total. The third-order valence-corrected chi connectivity index (χ3v) is 3.15. The first-order valence-electron chi connectivity index (χ1n) is 6.21. The third kappa shape index (κ3) is 7.53. The summed E-state index contributed by atoms with van der Waals surface area (Å²) in [7, 11) is 0. The van der Waals surface area contributed by atoms with Crippen LogP contribution in [-0.4, -0.2) is 18.6 Å². The summed E-state index contributed by atoms with van der Waals surface area (Å²) >= 11 is 3.48. The number of nitrogens with two attached hydrogens (primary N) is 1. The molecule has 3 heteroatoms. The molecule has 0 saturated carbocycles. The smallest absolute Gasteiger partial charge is 0.0178 e. The van der Waals surface area contributed by atoms with Gasteiger partial charge in [0.15, 0.2) is 0 Å². The topological polar surface area (TPSA) is 38.0 Å². The number of hydrogen-bond donors (Lipinski definition) is 2. The lowest BCUT2D eigenvalue weighted by atomic mass is 10.0. The van der Waals surface area contributed by atoms with Gasteiger partial charge in [-0.25, -0.2) is 0 Å². The minimum Gasteiger partial charge on any atom is -0.326 e. The van der Waals surface area contributed by atoms with Crippen molar-refractivity contribution in [2.24, 2.45) is 5.73 Å². The van der Waals surface area contributed by atoms with E-state index in [0.29, 0.717) is 0 Å². The van der Waals surface area contributed by atoms with Crippen molar-refractivity contribution in [3.63, 3.8) is 0 Å². The van der Waals surface area contributed by atoms with Crippen LogP contribution in [0.15, 0.2) is 28.7 Å². The van der Waals surface area contributed by atoms with E-state index in [1.165, 1.54) is 5.56 Å². The molecule has 1 aromatic carbocycles. The first-order valence-corrected chi connectivity index (χ1v) is 7.01. The highest BCUT2D eigenvalue weighted by Crippen LogP contribution is 2.11. The van der Waals surface area contributed by atoms with Crippen molar-refractivity contribution in [1.82, 2.24) is 5.32 Å². The minimum absolute atomic E-state index is 0.0357. The second kappa shape index (κ2) is 7.14. The number of halogens is 1. The molecule has 0 heterocycles. The summed E-state index contributed by atoms with van der Waals surface area (Å²) in [5.41, 5.74) is 7.26. The largest absolute Gasteiger partial charge is 0.326 e. The molecule has 0 amide bonds. The maximum absolute atomic E-state index is 5.92. The highest BCUT2D eigenvalue weighted by Gasteiger charge is 2.08. The van der Waals surface area contributed by atoms with Crippen molar-refractivity contribution in [3.8, 4) is 0 Å². The molecule has 0 unspecified atom stereocenters. The quantitative estimate of drug-likeness (QED) is 0.759. The van der Waals surface area contributed by atoms with Gasteiger partial charge < -0.3 is 11.1 Å². The Morgan fingerprint density at radius 3 is 2.71 bits per heavy atom. The Bertz CT molecular complexity index is 331. The van der Waals surface area contributed by atoms with E-state index in [2.05, 4.69) is 59.4 Å². The summed E-state index contributed by atoms with van der Waals surface area (Å²) in [4.78, 5) is 0. The molecule has 0 radical (unpaired) electrons. The zero-order valence-electron chi connectivity index (χ0n) is 10.8. The van der Waals surface area contributed by atoms with Crippen LogP contribution in [0.5, 0.6) is 0 Å². The SMILES string of the molecule is CC(C)(N)CCCNCCc1cccc(Br)c1. The van der Waals surface area contributed by atoms with Crippen LogP contribution >= 0.6 is 15.9 Å². The van der Waals surface area contributed by atoms with Crippen molar-refractivity contribution >= 4 is 15.9 Å². The minimum atomic E-state index is -0.0357. The Labute approximate surface area is 113 Å². The summed E-state index contributed by atoms with van der Waals surface area (Å²) in [5, 5.41) is 3.46. The van der Waals surface area contributed by atoms with Gasteiger partial charge in [0.25, 0.3) is 0 Å². The Hall–Kier alpha value is -0.380. The van der Waals surface area contributed by atoms with E-state index in [1.54, 1.807) is 0 Å². The third-order valence-electron chi connectivity index (χ3n) is 2.65. The second-order valence-corrected chi connectivity index (χ2v) is 6.14. The van der Waals surface area contributed by atoms with Crippen LogP contribution in [0.4, 0.5) is 0 Å². The van der Waals surface area contributed by atoms with Gasteiger partial charge in [0, 0.05) is 10.0 Å². The summed E-state index contributed by atoms with van der Waals surface area (Å²) in [6.07, 6.45) is 3.28. The number of benzene rings is 1. The summed E-state index contributed by atoms with van der Waals surface area (Å²) in [6, 6.07) is 8.47. The predicted molar refractivity (Wildman–Crippen MR) is 78.2 cm³/mol. The molecule has 0 spiro atoms. The molecule has 0 aliphatic rings. The van der Waals surface area contributed by atoms with E-state index in [9.17, 15) is 0 Å². The van der Waals surface area contributed by atoms with Crippen molar-refractivity contribution in [2.45, 2.75) is 38.6 Å². The van der Waals surface area contributed by atoms with Gasteiger partial charge in [0.05, 0.1) is 0 Å². The zero-order valence-corrected chi connectivity index (χ0v) is 12.4. The molecule has 0 aromatic heterocycles. The first kappa shape index (κ1) is 14.7. The Morgan fingerprint density at radius 2 is 2.06 bits per heavy atom. The molecule has 17 heavy (non-hydrogen) atoms. The van der Waals surface area contributed by atoms with Gasteiger partial charge >= 0.3 is 0 Å². The molecule has 96 valence electrons. The molecule has 0 aliphatic carbocycles. The lowest BCUT2D eigenvalue weighted by Crippen LogP contribution is -2.33. The van der Waals surface area contributed by atoms with Crippen LogP contribution in [0.1, 0.15) is 32.3 Å². The Balaban J connectivity index is 2.09. The number of hydrogen-bond acceptors (Lipinski definition) is 2. The Kier molecular flexibility index (Phi) is 6.17. The predicted octanol–water partition coefficient (Wildman–Crippen LogP) is 3.10. The number of nitrogens with one attached hydrogen (secondary N) is 1. The van der Waals surface area contributed by atoms with Crippen LogP contribution in [0.3, 0.4) is 0 Å². The molecule has 0 atom stereocenters. The fourth-order valence-corrected chi connectivity index (χ4v) is 2.17. The van der Waals surface area contributed by atoms with Gasteiger partial charge in [-0.15, -0.1) is 0 Å². The van der Waals surface area contributed by atoms with Gasteiger partial charge in [-0.3, -0.25) is 0 Å². The molecular formula is C14H23BrN2. The lowest BCUT2D eigenvalue weighted by Gasteiger charge is -2.17. The molecule has 0 aliphatic heterocycles. The molecule has 0 bridgehead atoms. The fourth-order valence-electron chi connectivity index (χ4n) is 1.72. The van der Waals surface area contributed by atoms with E-state index in [-0.39, 0.29) is 5.54 Å². The van der Waals surface area contributed by atoms with E-state index >= 15 is 0 Å². The van der Waals surface area contributed by atoms with Crippen LogP contribution < -0.4 is 11.1 Å². The summed E-state index contributed by atoms with van der Waals surface area (Å²) in [6.45, 7) is 6.24. The second-order valence-electron chi connectivity index (χ2n) is 5.22. The van der Waals surface area contributed by atoms with E-state index in [1.807, 2.05) is 0 Å². The van der Waals surface area contributed by atoms with E-state index in [0.717, 1.165) is 36.8 Å². The van der Waals surface area contributed by atoms with Crippen molar-refractivity contribution in [3.05, 3.63) is 34.3 Å². The Morgan fingerprint density at radius 1 is 1.29 bits per heavy atom. The average molecular weight is 299 g/mol. The van der Waals surface area contributed by atoms with Crippen LogP contribution in [-0.2, 0) is 6.42 Å². The van der Waals surface area contributed by atoms with Crippen molar-refractivity contribution < 1.29 is 0 Å². The average Bonchev–Trinajstić information content (AvgIpc) is 2.22. The van der Waals surface area contributed by atoms with E-state index in [4.69, 9.17) is 5.73 Å². The number of rotatable bonds is 7. The zero-order chi connectivity index (χ0) is 12.7. The van der Waals surface area contributed by atoms with Gasteiger partial charge in [0.2, 0.25) is 0 Å². The molecular weight excluding hydrogens is 276 g/mol. The molecule has 2 nitrogen and oxygen atoms in total. The molecule has 0 fully saturated rings. The fraction of sp³-hybridized carbons (Fsp3) is 0.571. The first-order chi connectivity index (χ1) is 7.97. The van der Waals surface area contributed by atoms with Crippen LogP contribution in [0.2, 0.25) is 0 Å². The molecule has 1 aromatic rings. The van der Waals surface area contributed by atoms with Gasteiger partial charge in [0.1, 0.15) is 0 Å². The van der Waals surface area contributed by atoms with Crippen molar-refractivity contribution in [2.75, 3.05) is 13.1 Å². The van der Waals surface area contributed by atoms with Crippen molar-refractivity contribution in [1.29, 1.82) is 0 Å². The van der Waals surface area contributed by atoms with Gasteiger partial charge in [-0.2, -0.15) is 0 Å². The maximum Gasteiger partial charge on any atom is 0.0178 e. The summed E-state index contributed by atoms with van der Waals surface area (Å²) in [5.74, 6) is 0. The van der Waals surface area contributed by atoms with Gasteiger partial charge in [-0.1, -0.05) is 28.1 Å². The molecule has 0 saturated heterocycles. The molecule has 1 rings (SSSR count). The monoisotopic (exact) mass is 298 g/mol. The van der Waals surface area contributed by atoms with Crippen LogP contribution in [0, 0.1) is 0 Å². The lowest BCUT2D eigenvalue weighted by molar-refractivity contribution is 0.449. The highest BCUT2D eigenvalue weighted by atomic mass is 79.9. The van der Waals surface area contributed by atoms with Crippen LogP contribution in [0.25, 0.3) is 0 Å². The standard InChI is InChI=1S/C14H23BrN2/c1-14(2,16)8-4-9-17-10-7-12-5-3-6-13(15)11-12/h3,5-6,11,17H,4,7-10,16H2,1-2H3. The highest BCUT2D eigenvalue weighted by molar-refractivity contribution is 9.10. The van der Waals surface area contributed by atoms with Gasteiger partial charge in [-0.05, 0) is 63.9 Å². The van der Waals surface area contributed by atoms with E-state index < -0.39 is 0 Å². The summed E-state index contributed by atoms with van der Waals surface area (Å²) < 4.78 is 1.15. The normalized spacial score (nSPS) is 11.8. The maximum atomic E-state index is 5.92.